The van der Waals surface area contributed by atoms with Crippen molar-refractivity contribution in [3.8, 4) is 23.0 Å². The van der Waals surface area contributed by atoms with Gasteiger partial charge in [0, 0.05) is 44.4 Å². The number of oxazole rings is 1. The van der Waals surface area contributed by atoms with Gasteiger partial charge in [0.25, 0.3) is 0 Å². The lowest BCUT2D eigenvalue weighted by Crippen LogP contribution is -2.49. The van der Waals surface area contributed by atoms with Gasteiger partial charge in [-0.25, -0.2) is 9.97 Å². The third-order valence-corrected chi connectivity index (χ3v) is 7.10. The van der Waals surface area contributed by atoms with Crippen molar-refractivity contribution < 1.29 is 9.21 Å². The van der Waals surface area contributed by atoms with Crippen molar-refractivity contribution in [3.63, 3.8) is 0 Å². The van der Waals surface area contributed by atoms with Gasteiger partial charge in [0.1, 0.15) is 6.07 Å². The SMILES string of the molecule is Cc1ccc(-n2c(-c3ccccc3)cnc2SCC(=O)N2CCN(c3oc(C)nc3C#N)CC2)cc1. The molecule has 5 rings (SSSR count). The van der Waals surface area contributed by atoms with E-state index in [-0.39, 0.29) is 5.91 Å². The number of piperazine rings is 1. The number of rotatable bonds is 6. The van der Waals surface area contributed by atoms with Crippen LogP contribution in [0.25, 0.3) is 16.9 Å². The third-order valence-electron chi connectivity index (χ3n) is 6.16. The molecule has 1 aliphatic heterocycles. The Morgan fingerprint density at radius 1 is 1.06 bits per heavy atom. The molecule has 36 heavy (non-hydrogen) atoms. The molecule has 2 aromatic carbocycles. The van der Waals surface area contributed by atoms with Gasteiger partial charge in [-0.15, -0.1) is 0 Å². The number of hydrogen-bond acceptors (Lipinski definition) is 7. The fraction of sp³-hybridized carbons (Fsp3) is 0.259. The molecule has 0 bridgehead atoms. The number of hydrogen-bond donors (Lipinski definition) is 0. The largest absolute Gasteiger partial charge is 0.424 e. The van der Waals surface area contributed by atoms with Crippen LogP contribution >= 0.6 is 11.8 Å². The third kappa shape index (κ3) is 4.86. The van der Waals surface area contributed by atoms with Crippen LogP contribution in [0.3, 0.4) is 0 Å². The number of thioether (sulfide) groups is 1. The van der Waals surface area contributed by atoms with Crippen LogP contribution in [0, 0.1) is 25.2 Å². The van der Waals surface area contributed by atoms with E-state index < -0.39 is 0 Å². The van der Waals surface area contributed by atoms with E-state index in [1.807, 2.05) is 34.2 Å². The number of amides is 1. The van der Waals surface area contributed by atoms with E-state index in [1.165, 1.54) is 17.3 Å². The molecule has 1 fully saturated rings. The van der Waals surface area contributed by atoms with Crippen molar-refractivity contribution in [2.75, 3.05) is 36.8 Å². The molecule has 1 aliphatic rings. The van der Waals surface area contributed by atoms with Crippen LogP contribution in [0.15, 0.2) is 70.4 Å². The summed E-state index contributed by atoms with van der Waals surface area (Å²) in [5.74, 6) is 1.32. The molecule has 1 amide bonds. The standard InChI is InChI=1S/C27H26N6O2S/c1-19-8-10-22(11-9-19)33-24(21-6-4-3-5-7-21)17-29-27(33)36-18-25(34)31-12-14-32(15-13-31)26-23(16-28)30-20(2)35-26/h3-11,17H,12-15,18H2,1-2H3. The molecule has 0 spiro atoms. The number of carbonyl (C=O) groups is 1. The molecule has 0 unspecified atom stereocenters. The molecule has 8 nitrogen and oxygen atoms in total. The Bertz CT molecular complexity index is 1400. The summed E-state index contributed by atoms with van der Waals surface area (Å²) in [5, 5.41) is 10.1. The Morgan fingerprint density at radius 3 is 2.47 bits per heavy atom. The number of aromatic nitrogens is 3. The molecule has 0 atom stereocenters. The Kier molecular flexibility index (Phi) is 6.78. The molecular weight excluding hydrogens is 472 g/mol. The first kappa shape index (κ1) is 23.7. The maximum atomic E-state index is 13.1. The maximum absolute atomic E-state index is 13.1. The quantitative estimate of drug-likeness (QED) is 0.363. The van der Waals surface area contributed by atoms with Gasteiger partial charge in [-0.05, 0) is 19.1 Å². The highest BCUT2D eigenvalue weighted by molar-refractivity contribution is 7.99. The molecule has 9 heteroatoms. The van der Waals surface area contributed by atoms with Crippen LogP contribution in [0.2, 0.25) is 0 Å². The zero-order valence-electron chi connectivity index (χ0n) is 20.2. The van der Waals surface area contributed by atoms with Crippen molar-refractivity contribution in [3.05, 3.63) is 77.9 Å². The van der Waals surface area contributed by atoms with Crippen molar-refractivity contribution in [1.82, 2.24) is 19.4 Å². The van der Waals surface area contributed by atoms with E-state index in [2.05, 4.69) is 63.9 Å². The summed E-state index contributed by atoms with van der Waals surface area (Å²) in [5.41, 5.74) is 4.54. The van der Waals surface area contributed by atoms with Gasteiger partial charge in [-0.3, -0.25) is 9.36 Å². The van der Waals surface area contributed by atoms with Crippen LogP contribution in [0.5, 0.6) is 0 Å². The number of aryl methyl sites for hydroxylation is 2. The minimum absolute atomic E-state index is 0.0635. The van der Waals surface area contributed by atoms with E-state index in [4.69, 9.17) is 4.42 Å². The van der Waals surface area contributed by atoms with Crippen LogP contribution in [0.1, 0.15) is 17.1 Å². The second kappa shape index (κ2) is 10.3. The molecule has 0 N–H and O–H groups in total. The van der Waals surface area contributed by atoms with Crippen LogP contribution in [0.4, 0.5) is 5.88 Å². The van der Waals surface area contributed by atoms with E-state index in [9.17, 15) is 10.1 Å². The molecule has 0 radical (unpaired) electrons. The Balaban J connectivity index is 1.29. The average molecular weight is 499 g/mol. The van der Waals surface area contributed by atoms with Gasteiger partial charge in [0.2, 0.25) is 17.5 Å². The van der Waals surface area contributed by atoms with Gasteiger partial charge >= 0.3 is 0 Å². The van der Waals surface area contributed by atoms with Gasteiger partial charge in [-0.2, -0.15) is 5.26 Å². The number of nitriles is 1. The van der Waals surface area contributed by atoms with Crippen molar-refractivity contribution in [2.45, 2.75) is 19.0 Å². The second-order valence-electron chi connectivity index (χ2n) is 8.62. The second-order valence-corrected chi connectivity index (χ2v) is 9.56. The lowest BCUT2D eigenvalue weighted by atomic mass is 10.1. The minimum atomic E-state index is 0.0635. The first-order chi connectivity index (χ1) is 17.5. The molecule has 182 valence electrons. The lowest BCUT2D eigenvalue weighted by molar-refractivity contribution is -0.128. The van der Waals surface area contributed by atoms with E-state index >= 15 is 0 Å². The first-order valence-corrected chi connectivity index (χ1v) is 12.8. The number of benzene rings is 2. The number of anilines is 1. The summed E-state index contributed by atoms with van der Waals surface area (Å²) in [6.45, 7) is 6.10. The Morgan fingerprint density at radius 2 is 1.78 bits per heavy atom. The molecule has 1 saturated heterocycles. The molecule has 3 heterocycles. The minimum Gasteiger partial charge on any atom is -0.424 e. The molecular formula is C27H26N6O2S. The maximum Gasteiger partial charge on any atom is 0.234 e. The van der Waals surface area contributed by atoms with Gasteiger partial charge < -0.3 is 14.2 Å². The van der Waals surface area contributed by atoms with E-state index in [1.54, 1.807) is 6.92 Å². The average Bonchev–Trinajstić information content (AvgIpc) is 3.51. The topological polar surface area (TPSA) is 91.2 Å². The van der Waals surface area contributed by atoms with E-state index in [0.717, 1.165) is 22.1 Å². The number of imidazole rings is 1. The fourth-order valence-electron chi connectivity index (χ4n) is 4.27. The first-order valence-electron chi connectivity index (χ1n) is 11.8. The van der Waals surface area contributed by atoms with Gasteiger partial charge in [0.15, 0.2) is 11.0 Å². The fourth-order valence-corrected chi connectivity index (χ4v) is 5.17. The lowest BCUT2D eigenvalue weighted by Gasteiger charge is -2.34. The summed E-state index contributed by atoms with van der Waals surface area (Å²) in [4.78, 5) is 25.7. The highest BCUT2D eigenvalue weighted by Crippen LogP contribution is 2.30. The van der Waals surface area contributed by atoms with Crippen molar-refractivity contribution in [2.24, 2.45) is 0 Å². The zero-order chi connectivity index (χ0) is 25.1. The molecule has 0 saturated carbocycles. The van der Waals surface area contributed by atoms with Crippen molar-refractivity contribution in [1.29, 1.82) is 5.26 Å². The van der Waals surface area contributed by atoms with Gasteiger partial charge in [-0.1, -0.05) is 59.8 Å². The van der Waals surface area contributed by atoms with Gasteiger partial charge in [0.05, 0.1) is 17.6 Å². The number of carbonyl (C=O) groups excluding carboxylic acids is 1. The predicted octanol–water partition coefficient (Wildman–Crippen LogP) is 4.46. The predicted molar refractivity (Wildman–Crippen MR) is 139 cm³/mol. The normalized spacial score (nSPS) is 13.6. The number of nitrogens with zero attached hydrogens (tertiary/aromatic N) is 6. The summed E-state index contributed by atoms with van der Waals surface area (Å²) in [7, 11) is 0. The Hall–Kier alpha value is -4.03. The zero-order valence-corrected chi connectivity index (χ0v) is 21.0. The van der Waals surface area contributed by atoms with Crippen LogP contribution in [-0.2, 0) is 4.79 Å². The highest BCUT2D eigenvalue weighted by atomic mass is 32.2. The summed E-state index contributed by atoms with van der Waals surface area (Å²) < 4.78 is 7.73. The van der Waals surface area contributed by atoms with Crippen LogP contribution in [-0.4, -0.2) is 57.3 Å². The molecule has 0 aliphatic carbocycles. The Labute approximate surface area is 214 Å². The summed E-state index contributed by atoms with van der Waals surface area (Å²) in [6.07, 6.45) is 1.87. The summed E-state index contributed by atoms with van der Waals surface area (Å²) in [6, 6.07) is 20.5. The monoisotopic (exact) mass is 498 g/mol. The molecule has 2 aromatic heterocycles. The van der Waals surface area contributed by atoms with Crippen LogP contribution < -0.4 is 4.90 Å². The summed E-state index contributed by atoms with van der Waals surface area (Å²) >= 11 is 1.45. The highest BCUT2D eigenvalue weighted by Gasteiger charge is 2.26. The molecule has 4 aromatic rings. The van der Waals surface area contributed by atoms with E-state index in [0.29, 0.717) is 49.4 Å². The smallest absolute Gasteiger partial charge is 0.234 e. The van der Waals surface area contributed by atoms with Crippen molar-refractivity contribution >= 4 is 23.6 Å².